The summed E-state index contributed by atoms with van der Waals surface area (Å²) in [5.74, 6) is -1.03. The molecule has 1 aromatic carbocycles. The number of hydrogen-bond donors (Lipinski definition) is 3. The monoisotopic (exact) mass is 292 g/mol. The van der Waals surface area contributed by atoms with Gasteiger partial charge in [0, 0.05) is 12.2 Å². The zero-order valence-electron chi connectivity index (χ0n) is 12.0. The summed E-state index contributed by atoms with van der Waals surface area (Å²) in [5, 5.41) is 14.2. The van der Waals surface area contributed by atoms with Crippen molar-refractivity contribution < 1.29 is 19.4 Å². The molecular formula is C15H20N2O4. The molecule has 0 unspecified atom stereocenters. The van der Waals surface area contributed by atoms with Gasteiger partial charge in [-0.05, 0) is 31.0 Å². The van der Waals surface area contributed by atoms with Gasteiger partial charge in [0.1, 0.15) is 0 Å². The molecule has 6 heteroatoms. The number of carboxylic acid groups (broad SMARTS) is 1. The molecule has 0 bridgehead atoms. The van der Waals surface area contributed by atoms with Crippen LogP contribution in [0.3, 0.4) is 0 Å². The number of nitrogens with one attached hydrogen (secondary N) is 2. The fraction of sp³-hybridized carbons (Fsp3) is 0.333. The number of rotatable bonds is 8. The molecule has 0 spiro atoms. The highest BCUT2D eigenvalue weighted by Gasteiger charge is 2.08. The van der Waals surface area contributed by atoms with Crippen LogP contribution in [-0.4, -0.2) is 36.9 Å². The SMILES string of the molecule is C=CCCOCCNC(=O)Nc1cc(C(=O)O)ccc1C. The van der Waals surface area contributed by atoms with Crippen molar-refractivity contribution in [3.05, 3.63) is 42.0 Å². The number of amides is 2. The van der Waals surface area contributed by atoms with Crippen molar-refractivity contribution >= 4 is 17.7 Å². The average Bonchev–Trinajstić information content (AvgIpc) is 2.44. The second-order valence-corrected chi connectivity index (χ2v) is 4.41. The van der Waals surface area contributed by atoms with Crippen LogP contribution >= 0.6 is 0 Å². The number of ether oxygens (including phenoxy) is 1. The zero-order chi connectivity index (χ0) is 15.7. The van der Waals surface area contributed by atoms with Crippen molar-refractivity contribution in [2.75, 3.05) is 25.1 Å². The van der Waals surface area contributed by atoms with Gasteiger partial charge in [-0.25, -0.2) is 9.59 Å². The van der Waals surface area contributed by atoms with E-state index in [0.717, 1.165) is 12.0 Å². The minimum atomic E-state index is -1.03. The average molecular weight is 292 g/mol. The lowest BCUT2D eigenvalue weighted by molar-refractivity contribution is 0.0697. The van der Waals surface area contributed by atoms with E-state index in [4.69, 9.17) is 9.84 Å². The maximum atomic E-state index is 11.7. The van der Waals surface area contributed by atoms with E-state index in [1.54, 1.807) is 19.1 Å². The molecular weight excluding hydrogens is 272 g/mol. The topological polar surface area (TPSA) is 87.7 Å². The maximum absolute atomic E-state index is 11.7. The number of carboxylic acids is 1. The van der Waals surface area contributed by atoms with Crippen LogP contribution in [0.15, 0.2) is 30.9 Å². The molecule has 2 amide bonds. The predicted octanol–water partition coefficient (Wildman–Crippen LogP) is 2.41. The van der Waals surface area contributed by atoms with Crippen molar-refractivity contribution in [2.24, 2.45) is 0 Å². The minimum Gasteiger partial charge on any atom is -0.478 e. The molecule has 0 saturated heterocycles. The van der Waals surface area contributed by atoms with E-state index in [9.17, 15) is 9.59 Å². The molecule has 0 heterocycles. The lowest BCUT2D eigenvalue weighted by Crippen LogP contribution is -2.32. The molecule has 0 atom stereocenters. The molecule has 3 N–H and O–H groups in total. The Morgan fingerprint density at radius 2 is 2.14 bits per heavy atom. The molecule has 1 aromatic rings. The number of aromatic carboxylic acids is 1. The van der Waals surface area contributed by atoms with Crippen LogP contribution in [0.25, 0.3) is 0 Å². The van der Waals surface area contributed by atoms with Gasteiger partial charge in [-0.1, -0.05) is 12.1 Å². The van der Waals surface area contributed by atoms with Crippen molar-refractivity contribution in [2.45, 2.75) is 13.3 Å². The van der Waals surface area contributed by atoms with Gasteiger partial charge in [0.25, 0.3) is 0 Å². The summed E-state index contributed by atoms with van der Waals surface area (Å²) in [5.41, 5.74) is 1.39. The Hall–Kier alpha value is -2.34. The second kappa shape index (κ2) is 8.76. The number of carbonyl (C=O) groups is 2. The number of urea groups is 1. The Morgan fingerprint density at radius 1 is 1.38 bits per heavy atom. The van der Waals surface area contributed by atoms with Gasteiger partial charge in [0.15, 0.2) is 0 Å². The molecule has 0 radical (unpaired) electrons. The molecule has 21 heavy (non-hydrogen) atoms. The molecule has 1 rings (SSSR count). The molecule has 6 nitrogen and oxygen atoms in total. The van der Waals surface area contributed by atoms with E-state index >= 15 is 0 Å². The molecule has 0 aliphatic heterocycles. The normalized spacial score (nSPS) is 9.95. The first-order valence-corrected chi connectivity index (χ1v) is 6.62. The van der Waals surface area contributed by atoms with Gasteiger partial charge in [0.2, 0.25) is 0 Å². The summed E-state index contributed by atoms with van der Waals surface area (Å²) in [7, 11) is 0. The summed E-state index contributed by atoms with van der Waals surface area (Å²) >= 11 is 0. The summed E-state index contributed by atoms with van der Waals surface area (Å²) in [6.45, 7) is 6.73. The fourth-order valence-electron chi connectivity index (χ4n) is 1.56. The van der Waals surface area contributed by atoms with Crippen LogP contribution in [-0.2, 0) is 4.74 Å². The highest BCUT2D eigenvalue weighted by Crippen LogP contribution is 2.16. The Morgan fingerprint density at radius 3 is 2.81 bits per heavy atom. The van der Waals surface area contributed by atoms with Crippen LogP contribution in [0.1, 0.15) is 22.3 Å². The first kappa shape index (κ1) is 16.7. The van der Waals surface area contributed by atoms with E-state index in [2.05, 4.69) is 17.2 Å². The van der Waals surface area contributed by atoms with Crippen molar-refractivity contribution in [3.63, 3.8) is 0 Å². The van der Waals surface area contributed by atoms with E-state index in [1.807, 2.05) is 0 Å². The van der Waals surface area contributed by atoms with Gasteiger partial charge in [0.05, 0.1) is 18.8 Å². The van der Waals surface area contributed by atoms with Crippen LogP contribution in [0, 0.1) is 6.92 Å². The Bertz CT molecular complexity index is 514. The number of anilines is 1. The van der Waals surface area contributed by atoms with E-state index < -0.39 is 12.0 Å². The lowest BCUT2D eigenvalue weighted by Gasteiger charge is -2.10. The predicted molar refractivity (Wildman–Crippen MR) is 80.8 cm³/mol. The molecule has 0 saturated carbocycles. The largest absolute Gasteiger partial charge is 0.478 e. The summed E-state index contributed by atoms with van der Waals surface area (Å²) in [6, 6.07) is 4.18. The maximum Gasteiger partial charge on any atom is 0.335 e. The minimum absolute atomic E-state index is 0.128. The van der Waals surface area contributed by atoms with E-state index in [1.165, 1.54) is 12.1 Å². The third kappa shape index (κ3) is 6.09. The third-order valence-corrected chi connectivity index (χ3v) is 2.73. The molecule has 0 aromatic heterocycles. The van der Waals surface area contributed by atoms with Crippen LogP contribution in [0.2, 0.25) is 0 Å². The van der Waals surface area contributed by atoms with Gasteiger partial charge in [-0.3, -0.25) is 0 Å². The smallest absolute Gasteiger partial charge is 0.335 e. The second-order valence-electron chi connectivity index (χ2n) is 4.41. The first-order chi connectivity index (χ1) is 10.0. The fourth-order valence-corrected chi connectivity index (χ4v) is 1.56. The number of hydrogen-bond acceptors (Lipinski definition) is 3. The van der Waals surface area contributed by atoms with Crippen molar-refractivity contribution in [1.82, 2.24) is 5.32 Å². The van der Waals surface area contributed by atoms with E-state index in [-0.39, 0.29) is 5.56 Å². The van der Waals surface area contributed by atoms with Crippen LogP contribution in [0.5, 0.6) is 0 Å². The quantitative estimate of drug-likeness (QED) is 0.507. The van der Waals surface area contributed by atoms with Crippen molar-refractivity contribution in [1.29, 1.82) is 0 Å². The molecule has 0 fully saturated rings. The first-order valence-electron chi connectivity index (χ1n) is 6.62. The number of aryl methyl sites for hydroxylation is 1. The number of carbonyl (C=O) groups excluding carboxylic acids is 1. The van der Waals surface area contributed by atoms with Crippen LogP contribution < -0.4 is 10.6 Å². The zero-order valence-corrected chi connectivity index (χ0v) is 12.0. The van der Waals surface area contributed by atoms with Crippen LogP contribution in [0.4, 0.5) is 10.5 Å². The number of benzene rings is 1. The summed E-state index contributed by atoms with van der Waals surface area (Å²) in [4.78, 5) is 22.6. The highest BCUT2D eigenvalue weighted by atomic mass is 16.5. The summed E-state index contributed by atoms with van der Waals surface area (Å²) in [6.07, 6.45) is 2.53. The molecule has 114 valence electrons. The van der Waals surface area contributed by atoms with Gasteiger partial charge < -0.3 is 20.5 Å². The van der Waals surface area contributed by atoms with Gasteiger partial charge >= 0.3 is 12.0 Å². The third-order valence-electron chi connectivity index (χ3n) is 2.73. The molecule has 0 aliphatic rings. The highest BCUT2D eigenvalue weighted by molar-refractivity contribution is 5.93. The Labute approximate surface area is 123 Å². The standard InChI is InChI=1S/C15H20N2O4/c1-3-4-8-21-9-7-16-15(20)17-13-10-12(14(18)19)6-5-11(13)2/h3,5-6,10H,1,4,7-9H2,2H3,(H,18,19)(H2,16,17,20). The van der Waals surface area contributed by atoms with Gasteiger partial charge in [-0.15, -0.1) is 6.58 Å². The Balaban J connectivity index is 2.42. The lowest BCUT2D eigenvalue weighted by atomic mass is 10.1. The van der Waals surface area contributed by atoms with E-state index in [0.29, 0.717) is 25.4 Å². The summed E-state index contributed by atoms with van der Waals surface area (Å²) < 4.78 is 5.26. The van der Waals surface area contributed by atoms with Crippen molar-refractivity contribution in [3.8, 4) is 0 Å². The Kier molecular flexibility index (Phi) is 6.97. The molecule has 0 aliphatic carbocycles. The van der Waals surface area contributed by atoms with Gasteiger partial charge in [-0.2, -0.15) is 0 Å².